The van der Waals surface area contributed by atoms with Crippen LogP contribution in [0, 0.1) is 0 Å². The summed E-state index contributed by atoms with van der Waals surface area (Å²) in [5, 5.41) is 9.39. The zero-order valence-corrected chi connectivity index (χ0v) is 14.2. The molecule has 1 aliphatic rings. The van der Waals surface area contributed by atoms with Gasteiger partial charge in [-0.1, -0.05) is 25.5 Å². The second-order valence-electron chi connectivity index (χ2n) is 6.16. The summed E-state index contributed by atoms with van der Waals surface area (Å²) < 4.78 is 0. The van der Waals surface area contributed by atoms with Crippen molar-refractivity contribution in [3.8, 4) is 0 Å². The number of hydrazone groups is 1. The number of hydrogen-bond donors (Lipinski definition) is 1. The highest BCUT2D eigenvalue weighted by Crippen LogP contribution is 2.20. The second-order valence-corrected chi connectivity index (χ2v) is 6.16. The van der Waals surface area contributed by atoms with Crippen LogP contribution in [0.3, 0.4) is 0 Å². The topological polar surface area (TPSA) is 44.7 Å². The van der Waals surface area contributed by atoms with Crippen LogP contribution in [-0.4, -0.2) is 18.2 Å². The van der Waals surface area contributed by atoms with E-state index < -0.39 is 0 Å². The molecule has 0 aromatic heterocycles. The maximum atomic E-state index is 12.4. The van der Waals surface area contributed by atoms with Crippen molar-refractivity contribution in [2.24, 2.45) is 5.10 Å². The number of anilines is 2. The molecule has 0 bridgehead atoms. The van der Waals surface area contributed by atoms with Gasteiger partial charge in [0.05, 0.1) is 5.69 Å². The van der Waals surface area contributed by atoms with Gasteiger partial charge in [-0.2, -0.15) is 5.10 Å². The molecule has 0 spiro atoms. The molecule has 1 N–H and O–H groups in total. The van der Waals surface area contributed by atoms with E-state index in [0.717, 1.165) is 42.9 Å². The van der Waals surface area contributed by atoms with Gasteiger partial charge >= 0.3 is 0 Å². The van der Waals surface area contributed by atoms with Crippen LogP contribution in [0.25, 0.3) is 0 Å². The van der Waals surface area contributed by atoms with Gasteiger partial charge in [0.25, 0.3) is 5.91 Å². The molecule has 2 aromatic carbocycles. The Kier molecular flexibility index (Phi) is 4.94. The maximum Gasteiger partial charge on any atom is 0.255 e. The molecular formula is C20H23N3O. The first-order chi connectivity index (χ1) is 11.7. The Morgan fingerprint density at radius 3 is 2.42 bits per heavy atom. The lowest BCUT2D eigenvalue weighted by Gasteiger charge is -2.14. The molecule has 0 aliphatic carbocycles. The van der Waals surface area contributed by atoms with E-state index in [2.05, 4.69) is 29.5 Å². The van der Waals surface area contributed by atoms with Crippen LogP contribution >= 0.6 is 0 Å². The third-order valence-corrected chi connectivity index (χ3v) is 4.15. The van der Waals surface area contributed by atoms with E-state index in [4.69, 9.17) is 0 Å². The van der Waals surface area contributed by atoms with Gasteiger partial charge < -0.3 is 5.32 Å². The van der Waals surface area contributed by atoms with Crippen molar-refractivity contribution >= 4 is 23.0 Å². The van der Waals surface area contributed by atoms with Crippen molar-refractivity contribution in [1.82, 2.24) is 0 Å². The molecule has 0 saturated heterocycles. The summed E-state index contributed by atoms with van der Waals surface area (Å²) in [4.78, 5) is 12.4. The molecule has 1 heterocycles. The fourth-order valence-electron chi connectivity index (χ4n) is 2.79. The van der Waals surface area contributed by atoms with E-state index in [-0.39, 0.29) is 5.91 Å². The molecule has 2 aromatic rings. The van der Waals surface area contributed by atoms with Crippen LogP contribution in [-0.2, 0) is 6.42 Å². The fourth-order valence-corrected chi connectivity index (χ4v) is 2.79. The standard InChI is InChI=1S/C20H23N3O/c1-3-4-16-5-9-18(10-6-16)21-20(24)17-7-11-19(12-8-17)23-14-13-15(2)22-23/h5-12H,3-4,13-14H2,1-2H3,(H,21,24). The summed E-state index contributed by atoms with van der Waals surface area (Å²) in [5.41, 5.74) is 4.93. The lowest BCUT2D eigenvalue weighted by molar-refractivity contribution is 0.102. The van der Waals surface area contributed by atoms with Gasteiger partial charge in [-0.15, -0.1) is 0 Å². The Labute approximate surface area is 143 Å². The average molecular weight is 321 g/mol. The monoisotopic (exact) mass is 321 g/mol. The highest BCUT2D eigenvalue weighted by Gasteiger charge is 2.13. The van der Waals surface area contributed by atoms with Gasteiger partial charge in [-0.3, -0.25) is 9.80 Å². The van der Waals surface area contributed by atoms with E-state index in [1.165, 1.54) is 5.56 Å². The van der Waals surface area contributed by atoms with Crippen molar-refractivity contribution in [1.29, 1.82) is 0 Å². The van der Waals surface area contributed by atoms with Gasteiger partial charge in [0, 0.05) is 29.9 Å². The highest BCUT2D eigenvalue weighted by atomic mass is 16.1. The summed E-state index contributed by atoms with van der Waals surface area (Å²) in [6.45, 7) is 5.10. The minimum Gasteiger partial charge on any atom is -0.322 e. The van der Waals surface area contributed by atoms with Gasteiger partial charge in [0.2, 0.25) is 0 Å². The van der Waals surface area contributed by atoms with Crippen LogP contribution in [0.4, 0.5) is 11.4 Å². The molecular weight excluding hydrogens is 298 g/mol. The van der Waals surface area contributed by atoms with E-state index in [1.807, 2.05) is 48.3 Å². The first-order valence-electron chi connectivity index (χ1n) is 8.47. The quantitative estimate of drug-likeness (QED) is 0.882. The number of rotatable bonds is 5. The Hall–Kier alpha value is -2.62. The average Bonchev–Trinajstić information content (AvgIpc) is 3.03. The smallest absolute Gasteiger partial charge is 0.255 e. The molecule has 24 heavy (non-hydrogen) atoms. The molecule has 0 atom stereocenters. The number of benzene rings is 2. The molecule has 0 fully saturated rings. The Morgan fingerprint density at radius 1 is 1.12 bits per heavy atom. The van der Waals surface area contributed by atoms with E-state index in [9.17, 15) is 4.79 Å². The predicted octanol–water partition coefficient (Wildman–Crippen LogP) is 4.48. The normalized spacial score (nSPS) is 13.8. The fraction of sp³-hybridized carbons (Fsp3) is 0.300. The van der Waals surface area contributed by atoms with Crippen molar-refractivity contribution in [3.63, 3.8) is 0 Å². The predicted molar refractivity (Wildman–Crippen MR) is 99.9 cm³/mol. The van der Waals surface area contributed by atoms with E-state index >= 15 is 0 Å². The summed E-state index contributed by atoms with van der Waals surface area (Å²) >= 11 is 0. The molecule has 0 unspecified atom stereocenters. The Bertz CT molecular complexity index is 732. The lowest BCUT2D eigenvalue weighted by Crippen LogP contribution is -2.14. The molecule has 0 radical (unpaired) electrons. The Balaban J connectivity index is 1.64. The summed E-state index contributed by atoms with van der Waals surface area (Å²) in [6, 6.07) is 15.6. The van der Waals surface area contributed by atoms with Gasteiger partial charge in [-0.25, -0.2) is 0 Å². The molecule has 4 nitrogen and oxygen atoms in total. The number of amides is 1. The summed E-state index contributed by atoms with van der Waals surface area (Å²) in [6.07, 6.45) is 3.18. The van der Waals surface area contributed by atoms with Crippen molar-refractivity contribution in [2.75, 3.05) is 16.9 Å². The van der Waals surface area contributed by atoms with Crippen LogP contribution in [0.5, 0.6) is 0 Å². The minimum absolute atomic E-state index is 0.0918. The first kappa shape index (κ1) is 16.2. The number of carbonyl (C=O) groups is 1. The molecule has 124 valence electrons. The molecule has 4 heteroatoms. The third kappa shape index (κ3) is 3.82. The van der Waals surface area contributed by atoms with E-state index in [1.54, 1.807) is 0 Å². The second kappa shape index (κ2) is 7.30. The zero-order valence-electron chi connectivity index (χ0n) is 14.2. The molecule has 0 saturated carbocycles. The number of hydrogen-bond acceptors (Lipinski definition) is 3. The molecule has 3 rings (SSSR count). The van der Waals surface area contributed by atoms with Crippen LogP contribution in [0.2, 0.25) is 0 Å². The third-order valence-electron chi connectivity index (χ3n) is 4.15. The van der Waals surface area contributed by atoms with Crippen LogP contribution < -0.4 is 10.3 Å². The van der Waals surface area contributed by atoms with Crippen molar-refractivity contribution < 1.29 is 4.79 Å². The van der Waals surface area contributed by atoms with Crippen molar-refractivity contribution in [2.45, 2.75) is 33.1 Å². The van der Waals surface area contributed by atoms with E-state index in [0.29, 0.717) is 5.56 Å². The largest absolute Gasteiger partial charge is 0.322 e. The highest BCUT2D eigenvalue weighted by molar-refractivity contribution is 6.04. The number of carbonyl (C=O) groups excluding carboxylic acids is 1. The first-order valence-corrected chi connectivity index (χ1v) is 8.47. The number of nitrogens with zero attached hydrogens (tertiary/aromatic N) is 2. The number of aryl methyl sites for hydroxylation is 1. The van der Waals surface area contributed by atoms with Gasteiger partial charge in [-0.05, 0) is 55.3 Å². The van der Waals surface area contributed by atoms with Gasteiger partial charge in [0.15, 0.2) is 0 Å². The van der Waals surface area contributed by atoms with Gasteiger partial charge in [0.1, 0.15) is 0 Å². The number of nitrogens with one attached hydrogen (secondary N) is 1. The van der Waals surface area contributed by atoms with Crippen LogP contribution in [0.1, 0.15) is 42.6 Å². The summed E-state index contributed by atoms with van der Waals surface area (Å²) in [5.74, 6) is -0.0918. The van der Waals surface area contributed by atoms with Crippen LogP contribution in [0.15, 0.2) is 53.6 Å². The lowest BCUT2D eigenvalue weighted by atomic mass is 10.1. The molecule has 1 amide bonds. The minimum atomic E-state index is -0.0918. The summed E-state index contributed by atoms with van der Waals surface area (Å²) in [7, 11) is 0. The Morgan fingerprint density at radius 2 is 1.83 bits per heavy atom. The van der Waals surface area contributed by atoms with Crippen molar-refractivity contribution in [3.05, 3.63) is 59.7 Å². The SMILES string of the molecule is CCCc1ccc(NC(=O)c2ccc(N3CCC(C)=N3)cc2)cc1. The zero-order chi connectivity index (χ0) is 16.9. The molecule has 1 aliphatic heterocycles. The maximum absolute atomic E-state index is 12.4.